The van der Waals surface area contributed by atoms with Crippen LogP contribution in [0.5, 0.6) is 0 Å². The Labute approximate surface area is 131 Å². The van der Waals surface area contributed by atoms with Crippen molar-refractivity contribution in [3.63, 3.8) is 0 Å². The van der Waals surface area contributed by atoms with Crippen molar-refractivity contribution in [3.05, 3.63) is 54.0 Å². The lowest BCUT2D eigenvalue weighted by Gasteiger charge is -2.06. The van der Waals surface area contributed by atoms with Gasteiger partial charge >= 0.3 is 0 Å². The molecule has 0 aromatic carbocycles. The minimum Gasteiger partial charge on any atom is -0.313 e. The van der Waals surface area contributed by atoms with Crippen molar-refractivity contribution >= 4 is 49.0 Å². The van der Waals surface area contributed by atoms with Crippen LogP contribution >= 0.6 is 43.2 Å². The Hall–Kier alpha value is -0.720. The molecule has 2 heterocycles. The largest absolute Gasteiger partial charge is 0.313 e. The van der Waals surface area contributed by atoms with Crippen molar-refractivity contribution in [1.82, 2.24) is 4.57 Å². The summed E-state index contributed by atoms with van der Waals surface area (Å²) < 4.78 is 2.96. The van der Waals surface area contributed by atoms with Gasteiger partial charge in [0.05, 0.1) is 9.35 Å². The molecule has 0 spiro atoms. The Balaban J connectivity index is 1.97. The second-order valence-corrected chi connectivity index (χ2v) is 6.73. The molecule has 0 bridgehead atoms. The molecule has 19 heavy (non-hydrogen) atoms. The van der Waals surface area contributed by atoms with E-state index >= 15 is 0 Å². The van der Waals surface area contributed by atoms with E-state index in [0.717, 1.165) is 9.35 Å². The topological polar surface area (TPSA) is 39.1 Å². The Morgan fingerprint density at radius 1 is 1.37 bits per heavy atom. The fourth-order valence-corrected chi connectivity index (χ4v) is 3.65. The molecule has 0 aliphatic heterocycles. The number of hydrogen-bond acceptors (Lipinski definition) is 3. The van der Waals surface area contributed by atoms with E-state index < -0.39 is 0 Å². The molecule has 0 atom stereocenters. The number of hydrogen-bond donors (Lipinski definition) is 0. The molecular formula is C13H11Br2NO2S. The molecule has 2 aromatic rings. The number of Topliss-reactive ketones (excluding diaryl/α,β-unsaturated/α-hetero) is 1. The van der Waals surface area contributed by atoms with Gasteiger partial charge < -0.3 is 4.57 Å². The predicted molar refractivity (Wildman–Crippen MR) is 84.0 cm³/mol. The van der Waals surface area contributed by atoms with E-state index in [9.17, 15) is 9.59 Å². The van der Waals surface area contributed by atoms with Gasteiger partial charge in [-0.05, 0) is 55.8 Å². The molecule has 0 fully saturated rings. The SMILES string of the molecule is O=C(CCCn1cc(Br)cc(Br)c1=O)c1cccs1. The van der Waals surface area contributed by atoms with Gasteiger partial charge in [0.1, 0.15) is 0 Å². The number of nitrogens with zero attached hydrogens (tertiary/aromatic N) is 1. The average Bonchev–Trinajstić information content (AvgIpc) is 2.88. The van der Waals surface area contributed by atoms with Crippen LogP contribution in [0.4, 0.5) is 0 Å². The fourth-order valence-electron chi connectivity index (χ4n) is 1.70. The van der Waals surface area contributed by atoms with Gasteiger partial charge in [-0.25, -0.2) is 0 Å². The van der Waals surface area contributed by atoms with Gasteiger partial charge in [0.2, 0.25) is 0 Å². The van der Waals surface area contributed by atoms with Crippen LogP contribution in [0.2, 0.25) is 0 Å². The van der Waals surface area contributed by atoms with Crippen LogP contribution in [0.25, 0.3) is 0 Å². The minimum atomic E-state index is -0.0771. The number of aryl methyl sites for hydroxylation is 1. The molecule has 6 heteroatoms. The molecular weight excluding hydrogens is 394 g/mol. The number of halogens is 2. The highest BCUT2D eigenvalue weighted by atomic mass is 79.9. The number of pyridine rings is 1. The highest BCUT2D eigenvalue weighted by Crippen LogP contribution is 2.15. The van der Waals surface area contributed by atoms with Crippen molar-refractivity contribution in [2.45, 2.75) is 19.4 Å². The Bertz CT molecular complexity index is 635. The van der Waals surface area contributed by atoms with E-state index in [1.807, 2.05) is 17.5 Å². The molecule has 0 radical (unpaired) electrons. The van der Waals surface area contributed by atoms with E-state index in [1.54, 1.807) is 16.8 Å². The predicted octanol–water partition coefficient (Wildman–Crippen LogP) is 4.10. The van der Waals surface area contributed by atoms with Crippen molar-refractivity contribution < 1.29 is 4.79 Å². The zero-order valence-corrected chi connectivity index (χ0v) is 13.9. The number of carbonyl (C=O) groups excluding carboxylic acids is 1. The lowest BCUT2D eigenvalue weighted by Crippen LogP contribution is -2.20. The van der Waals surface area contributed by atoms with Crippen molar-refractivity contribution in [2.24, 2.45) is 0 Å². The Morgan fingerprint density at radius 2 is 2.16 bits per heavy atom. The second kappa shape index (κ2) is 6.63. The first-order valence-electron chi connectivity index (χ1n) is 5.70. The maximum atomic E-state index is 11.8. The number of ketones is 1. The first kappa shape index (κ1) is 14.7. The Morgan fingerprint density at radius 3 is 2.84 bits per heavy atom. The van der Waals surface area contributed by atoms with E-state index in [2.05, 4.69) is 31.9 Å². The molecule has 0 unspecified atom stereocenters. The van der Waals surface area contributed by atoms with Crippen LogP contribution in [0.15, 0.2) is 43.5 Å². The van der Waals surface area contributed by atoms with E-state index in [0.29, 0.717) is 23.9 Å². The average molecular weight is 405 g/mol. The van der Waals surface area contributed by atoms with Gasteiger partial charge in [0.25, 0.3) is 5.56 Å². The smallest absolute Gasteiger partial charge is 0.264 e. The van der Waals surface area contributed by atoms with Gasteiger partial charge in [-0.15, -0.1) is 11.3 Å². The highest BCUT2D eigenvalue weighted by molar-refractivity contribution is 9.11. The summed E-state index contributed by atoms with van der Waals surface area (Å²) in [7, 11) is 0. The summed E-state index contributed by atoms with van der Waals surface area (Å²) in [6.07, 6.45) is 2.85. The molecule has 0 aliphatic rings. The van der Waals surface area contributed by atoms with E-state index in [-0.39, 0.29) is 11.3 Å². The van der Waals surface area contributed by atoms with Crippen LogP contribution < -0.4 is 5.56 Å². The summed E-state index contributed by atoms with van der Waals surface area (Å²) in [5.74, 6) is 0.136. The zero-order chi connectivity index (χ0) is 13.8. The van der Waals surface area contributed by atoms with Gasteiger partial charge in [0, 0.05) is 23.6 Å². The highest BCUT2D eigenvalue weighted by Gasteiger charge is 2.08. The van der Waals surface area contributed by atoms with Gasteiger partial charge in [0.15, 0.2) is 5.78 Å². The first-order valence-corrected chi connectivity index (χ1v) is 8.16. The third-order valence-corrected chi connectivity index (χ3v) is 4.52. The Kier molecular flexibility index (Phi) is 5.13. The molecule has 0 saturated carbocycles. The number of carbonyl (C=O) groups is 1. The normalized spacial score (nSPS) is 10.6. The molecule has 0 saturated heterocycles. The quantitative estimate of drug-likeness (QED) is 0.703. The second-order valence-electron chi connectivity index (χ2n) is 4.01. The third kappa shape index (κ3) is 3.87. The van der Waals surface area contributed by atoms with Crippen LogP contribution in [-0.4, -0.2) is 10.4 Å². The molecule has 0 N–H and O–H groups in total. The fraction of sp³-hybridized carbons (Fsp3) is 0.231. The molecule has 3 nitrogen and oxygen atoms in total. The maximum Gasteiger partial charge on any atom is 0.264 e. The summed E-state index contributed by atoms with van der Waals surface area (Å²) in [5.41, 5.74) is -0.0771. The van der Waals surface area contributed by atoms with Crippen molar-refractivity contribution in [3.8, 4) is 0 Å². The number of thiophene rings is 1. The standard InChI is InChI=1S/C13H11Br2NO2S/c14-9-7-10(15)13(18)16(8-9)5-1-3-11(17)12-4-2-6-19-12/h2,4,6-8H,1,3,5H2. The number of rotatable bonds is 5. The maximum absolute atomic E-state index is 11.8. The molecule has 100 valence electrons. The van der Waals surface area contributed by atoms with Gasteiger partial charge in [-0.1, -0.05) is 6.07 Å². The summed E-state index contributed by atoms with van der Waals surface area (Å²) in [6.45, 7) is 0.536. The monoisotopic (exact) mass is 403 g/mol. The van der Waals surface area contributed by atoms with E-state index in [1.165, 1.54) is 11.3 Å². The number of aromatic nitrogens is 1. The minimum absolute atomic E-state index is 0.0771. The summed E-state index contributed by atoms with van der Waals surface area (Å²) >= 11 is 8.02. The first-order chi connectivity index (χ1) is 9.08. The van der Waals surface area contributed by atoms with Crippen LogP contribution in [0, 0.1) is 0 Å². The van der Waals surface area contributed by atoms with Gasteiger partial charge in [-0.2, -0.15) is 0 Å². The molecule has 0 amide bonds. The van der Waals surface area contributed by atoms with E-state index in [4.69, 9.17) is 0 Å². The van der Waals surface area contributed by atoms with Crippen LogP contribution in [-0.2, 0) is 6.54 Å². The summed E-state index contributed by atoms with van der Waals surface area (Å²) in [5, 5.41) is 1.89. The van der Waals surface area contributed by atoms with Gasteiger partial charge in [-0.3, -0.25) is 9.59 Å². The lowest BCUT2D eigenvalue weighted by molar-refractivity contribution is 0.0982. The lowest BCUT2D eigenvalue weighted by atomic mass is 10.2. The summed E-state index contributed by atoms with van der Waals surface area (Å²) in [6, 6.07) is 5.41. The van der Waals surface area contributed by atoms with Crippen molar-refractivity contribution in [2.75, 3.05) is 0 Å². The molecule has 2 rings (SSSR count). The van der Waals surface area contributed by atoms with Crippen molar-refractivity contribution in [1.29, 1.82) is 0 Å². The molecule has 0 aliphatic carbocycles. The molecule has 2 aromatic heterocycles. The third-order valence-electron chi connectivity index (χ3n) is 2.61. The van der Waals surface area contributed by atoms with Crippen LogP contribution in [0.1, 0.15) is 22.5 Å². The summed E-state index contributed by atoms with van der Waals surface area (Å²) in [4.78, 5) is 24.4. The zero-order valence-electron chi connectivity index (χ0n) is 9.94. The van der Waals surface area contributed by atoms with Crippen LogP contribution in [0.3, 0.4) is 0 Å².